The van der Waals surface area contributed by atoms with E-state index in [9.17, 15) is 10.4 Å². The van der Waals surface area contributed by atoms with E-state index in [2.05, 4.69) is 6.07 Å². The molecule has 19 heavy (non-hydrogen) atoms. The number of aromatic hydroxyl groups is 1. The lowest BCUT2D eigenvalue weighted by Crippen LogP contribution is -2.28. The maximum atomic E-state index is 9.56. The molecule has 0 aliphatic heterocycles. The minimum atomic E-state index is -1.24. The Labute approximate surface area is 116 Å². The van der Waals surface area contributed by atoms with Gasteiger partial charge in [0.05, 0.1) is 5.02 Å². The Morgan fingerprint density at radius 2 is 1.84 bits per heavy atom. The number of nitriles is 1. The number of halogens is 1. The van der Waals surface area contributed by atoms with Crippen LogP contribution < -0.4 is 0 Å². The maximum absolute atomic E-state index is 9.56. The highest BCUT2D eigenvalue weighted by Crippen LogP contribution is 2.36. The molecule has 0 aliphatic rings. The van der Waals surface area contributed by atoms with E-state index in [1.54, 1.807) is 6.07 Å². The van der Waals surface area contributed by atoms with Crippen molar-refractivity contribution in [1.82, 2.24) is 0 Å². The molecule has 1 unspecified atom stereocenters. The zero-order valence-electron chi connectivity index (χ0n) is 10.3. The van der Waals surface area contributed by atoms with E-state index < -0.39 is 5.60 Å². The summed E-state index contributed by atoms with van der Waals surface area (Å²) in [7, 11) is 1.47. The predicted molar refractivity (Wildman–Crippen MR) is 73.0 cm³/mol. The van der Waals surface area contributed by atoms with Crippen molar-refractivity contribution in [3.63, 3.8) is 0 Å². The van der Waals surface area contributed by atoms with E-state index in [4.69, 9.17) is 16.3 Å². The first-order chi connectivity index (χ1) is 9.14. The Bertz CT molecular complexity index is 622. The highest BCUT2D eigenvalue weighted by Gasteiger charge is 2.34. The summed E-state index contributed by atoms with van der Waals surface area (Å²) < 4.78 is 5.45. The van der Waals surface area contributed by atoms with Crippen molar-refractivity contribution in [2.75, 3.05) is 7.11 Å². The molecule has 1 atom stereocenters. The van der Waals surface area contributed by atoms with Crippen molar-refractivity contribution in [3.8, 4) is 11.8 Å². The van der Waals surface area contributed by atoms with E-state index in [1.807, 2.05) is 30.3 Å². The summed E-state index contributed by atoms with van der Waals surface area (Å²) in [6, 6.07) is 16.0. The van der Waals surface area contributed by atoms with Crippen LogP contribution in [0.3, 0.4) is 0 Å². The molecule has 3 nitrogen and oxygen atoms in total. The average molecular weight is 274 g/mol. The van der Waals surface area contributed by atoms with Gasteiger partial charge >= 0.3 is 0 Å². The quantitative estimate of drug-likeness (QED) is 0.932. The van der Waals surface area contributed by atoms with E-state index in [0.717, 1.165) is 0 Å². The van der Waals surface area contributed by atoms with Gasteiger partial charge < -0.3 is 9.84 Å². The lowest BCUT2D eigenvalue weighted by Gasteiger charge is -2.26. The second kappa shape index (κ2) is 5.31. The molecule has 0 aliphatic carbocycles. The number of phenols is 1. The molecule has 2 rings (SSSR count). The lowest BCUT2D eigenvalue weighted by atomic mass is 9.87. The van der Waals surface area contributed by atoms with Crippen molar-refractivity contribution in [3.05, 3.63) is 64.7 Å². The fraction of sp³-hybridized carbons (Fsp3) is 0.133. The van der Waals surface area contributed by atoms with Crippen LogP contribution in [0.1, 0.15) is 11.1 Å². The van der Waals surface area contributed by atoms with Crippen molar-refractivity contribution >= 4 is 11.6 Å². The van der Waals surface area contributed by atoms with Gasteiger partial charge in [0.1, 0.15) is 11.8 Å². The molecule has 4 heteroatoms. The first kappa shape index (κ1) is 13.4. The van der Waals surface area contributed by atoms with Crippen LogP contribution >= 0.6 is 11.6 Å². The second-order valence-corrected chi connectivity index (χ2v) is 4.44. The summed E-state index contributed by atoms with van der Waals surface area (Å²) in [5.41, 5.74) is 0.0479. The predicted octanol–water partition coefficient (Wildman–Crippen LogP) is 3.46. The molecule has 0 spiro atoms. The SMILES string of the molecule is COC(C#N)(c1ccccc1)c1ccc(O)c(Cl)c1. The molecule has 0 heterocycles. The van der Waals surface area contributed by atoms with Crippen molar-refractivity contribution < 1.29 is 9.84 Å². The number of benzene rings is 2. The minimum absolute atomic E-state index is 0.0265. The average Bonchev–Trinajstić information content (AvgIpc) is 2.46. The number of nitrogens with zero attached hydrogens (tertiary/aromatic N) is 1. The van der Waals surface area contributed by atoms with Crippen LogP contribution in [0.5, 0.6) is 5.75 Å². The molecule has 96 valence electrons. The number of ether oxygens (including phenoxy) is 1. The Hall–Kier alpha value is -2.02. The molecule has 2 aromatic rings. The molecule has 0 saturated carbocycles. The van der Waals surface area contributed by atoms with Gasteiger partial charge in [-0.15, -0.1) is 0 Å². The Morgan fingerprint density at radius 1 is 1.16 bits per heavy atom. The van der Waals surface area contributed by atoms with Crippen molar-refractivity contribution in [2.24, 2.45) is 0 Å². The third kappa shape index (κ3) is 2.28. The van der Waals surface area contributed by atoms with E-state index in [0.29, 0.717) is 11.1 Å². The molecular weight excluding hydrogens is 262 g/mol. The molecule has 2 aromatic carbocycles. The van der Waals surface area contributed by atoms with E-state index in [-0.39, 0.29) is 10.8 Å². The van der Waals surface area contributed by atoms with Gasteiger partial charge in [-0.1, -0.05) is 48.0 Å². The van der Waals surface area contributed by atoms with Crippen molar-refractivity contribution in [1.29, 1.82) is 5.26 Å². The fourth-order valence-electron chi connectivity index (χ4n) is 1.98. The van der Waals surface area contributed by atoms with Crippen LogP contribution in [0.4, 0.5) is 0 Å². The Kier molecular flexibility index (Phi) is 3.75. The standard InChI is InChI=1S/C15H12ClNO2/c1-19-15(10-17,11-5-3-2-4-6-11)12-7-8-14(18)13(16)9-12/h2-9,18H,1H3. The zero-order chi connectivity index (χ0) is 13.9. The van der Waals surface area contributed by atoms with Gasteiger partial charge in [0.15, 0.2) is 0 Å². The first-order valence-electron chi connectivity index (χ1n) is 5.65. The van der Waals surface area contributed by atoms with Crippen LogP contribution in [0.2, 0.25) is 5.02 Å². The summed E-state index contributed by atoms with van der Waals surface area (Å²) in [5, 5.41) is 19.2. The van der Waals surface area contributed by atoms with Crippen LogP contribution in [-0.2, 0) is 10.3 Å². The summed E-state index contributed by atoms with van der Waals surface area (Å²) in [6.07, 6.45) is 0. The molecule has 0 bridgehead atoms. The van der Waals surface area contributed by atoms with Gasteiger partial charge in [-0.25, -0.2) is 0 Å². The zero-order valence-corrected chi connectivity index (χ0v) is 11.1. The Balaban J connectivity index is 2.63. The van der Waals surface area contributed by atoms with E-state index >= 15 is 0 Å². The largest absolute Gasteiger partial charge is 0.506 e. The number of hydrogen-bond donors (Lipinski definition) is 1. The van der Waals surface area contributed by atoms with Crippen LogP contribution in [0.15, 0.2) is 48.5 Å². The molecule has 0 amide bonds. The van der Waals surface area contributed by atoms with Crippen molar-refractivity contribution in [2.45, 2.75) is 5.60 Å². The van der Waals surface area contributed by atoms with Gasteiger partial charge in [0, 0.05) is 18.2 Å². The smallest absolute Gasteiger partial charge is 0.205 e. The Morgan fingerprint density at radius 3 is 2.37 bits per heavy atom. The first-order valence-corrected chi connectivity index (χ1v) is 6.03. The number of methoxy groups -OCH3 is 1. The molecule has 0 saturated heterocycles. The minimum Gasteiger partial charge on any atom is -0.506 e. The summed E-state index contributed by atoms with van der Waals surface area (Å²) in [4.78, 5) is 0. The summed E-state index contributed by atoms with van der Waals surface area (Å²) in [6.45, 7) is 0. The summed E-state index contributed by atoms with van der Waals surface area (Å²) >= 11 is 5.91. The van der Waals surface area contributed by atoms with E-state index in [1.165, 1.54) is 19.2 Å². The van der Waals surface area contributed by atoms with Crippen LogP contribution in [-0.4, -0.2) is 12.2 Å². The molecule has 0 radical (unpaired) electrons. The van der Waals surface area contributed by atoms with Crippen LogP contribution in [0.25, 0.3) is 0 Å². The topological polar surface area (TPSA) is 53.2 Å². The third-order valence-electron chi connectivity index (χ3n) is 3.00. The molecule has 1 N–H and O–H groups in total. The van der Waals surface area contributed by atoms with Gasteiger partial charge in [-0.2, -0.15) is 5.26 Å². The third-order valence-corrected chi connectivity index (χ3v) is 3.30. The molecule has 0 aromatic heterocycles. The van der Waals surface area contributed by atoms with Gasteiger partial charge in [0.25, 0.3) is 0 Å². The molecule has 0 fully saturated rings. The monoisotopic (exact) mass is 273 g/mol. The summed E-state index contributed by atoms with van der Waals surface area (Å²) in [5.74, 6) is -0.0265. The normalized spacial score (nSPS) is 13.5. The van der Waals surface area contributed by atoms with Gasteiger partial charge in [-0.3, -0.25) is 0 Å². The highest BCUT2D eigenvalue weighted by molar-refractivity contribution is 6.32. The number of hydrogen-bond acceptors (Lipinski definition) is 3. The maximum Gasteiger partial charge on any atom is 0.205 e. The number of rotatable bonds is 3. The fourth-order valence-corrected chi connectivity index (χ4v) is 2.16. The lowest BCUT2D eigenvalue weighted by molar-refractivity contribution is 0.0723. The molecular formula is C15H12ClNO2. The van der Waals surface area contributed by atoms with Gasteiger partial charge in [0.2, 0.25) is 5.60 Å². The highest BCUT2D eigenvalue weighted by atomic mass is 35.5. The van der Waals surface area contributed by atoms with Crippen LogP contribution in [0, 0.1) is 11.3 Å². The second-order valence-electron chi connectivity index (χ2n) is 4.03. The number of phenolic OH excluding ortho intramolecular Hbond substituents is 1. The van der Waals surface area contributed by atoms with Gasteiger partial charge in [-0.05, 0) is 12.1 Å².